The van der Waals surface area contributed by atoms with E-state index in [1.54, 1.807) is 4.90 Å². The fourth-order valence-corrected chi connectivity index (χ4v) is 11.5. The number of para-hydroxylation sites is 1. The van der Waals surface area contributed by atoms with Gasteiger partial charge in [-0.05, 0) is 116 Å². The van der Waals surface area contributed by atoms with Crippen molar-refractivity contribution in [2.75, 3.05) is 19.6 Å². The zero-order valence-corrected chi connectivity index (χ0v) is 34.2. The number of nitrogens with one attached hydrogen (secondary N) is 2. The number of likely N-dealkylation sites (tertiary alicyclic amines) is 1. The van der Waals surface area contributed by atoms with Crippen molar-refractivity contribution in [1.82, 2.24) is 29.9 Å². The number of hydrogen-bond donors (Lipinski definition) is 2. The van der Waals surface area contributed by atoms with Gasteiger partial charge in [0.05, 0.1) is 12.6 Å². The number of piperidine rings is 2. The van der Waals surface area contributed by atoms with Crippen LogP contribution in [0.15, 0.2) is 48.5 Å². The monoisotopic (exact) mass is 838 g/mol. The number of nitrogens with zero attached hydrogens (tertiary/aromatic N) is 4. The van der Waals surface area contributed by atoms with Crippen LogP contribution in [0.2, 0.25) is 0 Å². The van der Waals surface area contributed by atoms with Gasteiger partial charge in [-0.25, -0.2) is 17.6 Å². The summed E-state index contributed by atoms with van der Waals surface area (Å²) in [6.07, 6.45) is 2.56. The Balaban J connectivity index is 0.752. The summed E-state index contributed by atoms with van der Waals surface area (Å²) in [6, 6.07) is 12.7. The number of carbonyl (C=O) groups is 4. The highest BCUT2D eigenvalue weighted by Gasteiger charge is 2.43. The van der Waals surface area contributed by atoms with E-state index in [1.807, 2.05) is 42.2 Å². The number of fused-ring (bicyclic) bond motifs is 5. The van der Waals surface area contributed by atoms with Crippen molar-refractivity contribution < 1.29 is 36.7 Å². The number of H-pyrrole nitrogens is 1. The molecule has 1 saturated carbocycles. The maximum absolute atomic E-state index is 16.3. The van der Waals surface area contributed by atoms with Gasteiger partial charge in [0.15, 0.2) is 0 Å². The molecule has 4 amide bonds. The molecule has 3 atom stereocenters. The molecule has 1 unspecified atom stereocenters. The fourth-order valence-electron chi connectivity index (χ4n) is 11.5. The van der Waals surface area contributed by atoms with E-state index in [-0.39, 0.29) is 47.6 Å². The third-order valence-corrected chi connectivity index (χ3v) is 14.7. The van der Waals surface area contributed by atoms with E-state index in [4.69, 9.17) is 0 Å². The van der Waals surface area contributed by atoms with E-state index >= 15 is 8.78 Å². The first kappa shape index (κ1) is 40.0. The predicted octanol–water partition coefficient (Wildman–Crippen LogP) is 7.09. The van der Waals surface area contributed by atoms with Crippen LogP contribution in [0.1, 0.15) is 120 Å². The number of rotatable bonds is 7. The molecule has 1 aromatic heterocycles. The molecule has 6 aliphatic rings. The van der Waals surface area contributed by atoms with Gasteiger partial charge >= 0.3 is 0 Å². The number of alkyl halides is 2. The lowest BCUT2D eigenvalue weighted by Gasteiger charge is -2.41. The second kappa shape index (κ2) is 15.7. The van der Waals surface area contributed by atoms with E-state index in [1.165, 1.54) is 22.6 Å². The summed E-state index contributed by atoms with van der Waals surface area (Å²) in [5.74, 6) is -2.49. The number of hydrogen-bond acceptors (Lipinski definition) is 6. The zero-order valence-electron chi connectivity index (χ0n) is 34.2. The smallest absolute Gasteiger partial charge is 0.255 e. The van der Waals surface area contributed by atoms with Crippen LogP contribution < -0.4 is 5.32 Å². The molecule has 3 fully saturated rings. The molecule has 0 radical (unpaired) electrons. The van der Waals surface area contributed by atoms with Gasteiger partial charge in [-0.15, -0.1) is 0 Å². The number of carbonyl (C=O) groups excluding carboxylic acids is 4. The van der Waals surface area contributed by atoms with E-state index in [0.717, 1.165) is 53.5 Å². The second-order valence-electron chi connectivity index (χ2n) is 18.2. The summed E-state index contributed by atoms with van der Waals surface area (Å²) in [4.78, 5) is 62.2. The normalized spacial score (nSPS) is 26.3. The molecule has 3 aromatic carbocycles. The minimum absolute atomic E-state index is 0.118. The van der Waals surface area contributed by atoms with Crippen molar-refractivity contribution in [3.8, 4) is 0 Å². The molecule has 10 nitrogen and oxygen atoms in total. The van der Waals surface area contributed by atoms with Gasteiger partial charge in [0, 0.05) is 84.9 Å². The first-order valence-electron chi connectivity index (χ1n) is 21.9. The Hall–Kier alpha value is -5.08. The van der Waals surface area contributed by atoms with Crippen LogP contribution in [0, 0.1) is 17.6 Å². The topological polar surface area (TPSA) is 109 Å². The van der Waals surface area contributed by atoms with Crippen LogP contribution in [0.3, 0.4) is 0 Å². The number of imide groups is 1. The molecule has 4 aromatic rings. The van der Waals surface area contributed by atoms with Gasteiger partial charge in [-0.3, -0.25) is 34.3 Å². The number of aromatic nitrogens is 1. The molecule has 2 N–H and O–H groups in total. The highest BCUT2D eigenvalue weighted by atomic mass is 19.3. The lowest BCUT2D eigenvalue weighted by atomic mass is 9.77. The largest absolute Gasteiger partial charge is 0.357 e. The summed E-state index contributed by atoms with van der Waals surface area (Å²) in [5.41, 5.74) is 6.43. The summed E-state index contributed by atoms with van der Waals surface area (Å²) in [7, 11) is 0. The van der Waals surface area contributed by atoms with Gasteiger partial charge < -0.3 is 14.8 Å². The van der Waals surface area contributed by atoms with Crippen LogP contribution in [0.4, 0.5) is 17.6 Å². The van der Waals surface area contributed by atoms with Crippen molar-refractivity contribution in [2.45, 2.75) is 121 Å². The van der Waals surface area contributed by atoms with Gasteiger partial charge in [0.2, 0.25) is 17.7 Å². The average molecular weight is 839 g/mol. The highest BCUT2D eigenvalue weighted by Crippen LogP contribution is 2.45. The van der Waals surface area contributed by atoms with Gasteiger partial charge in [0.25, 0.3) is 12.3 Å². The number of amides is 4. The molecule has 10 rings (SSSR count). The summed E-state index contributed by atoms with van der Waals surface area (Å²) < 4.78 is 60.5. The Labute approximate surface area is 351 Å². The first-order valence-corrected chi connectivity index (χ1v) is 21.9. The summed E-state index contributed by atoms with van der Waals surface area (Å²) in [6.45, 7) is 4.37. The Bertz CT molecular complexity index is 2420. The van der Waals surface area contributed by atoms with Crippen molar-refractivity contribution in [1.29, 1.82) is 0 Å². The zero-order chi connectivity index (χ0) is 42.3. The molecule has 1 aliphatic carbocycles. The highest BCUT2D eigenvalue weighted by molar-refractivity contribution is 6.05. The molecule has 61 heavy (non-hydrogen) atoms. The van der Waals surface area contributed by atoms with E-state index in [0.29, 0.717) is 81.0 Å². The standard InChI is InChI=1S/C47H50F4N6O4/c1-25-16-35-33-4-2-3-5-38(33)52-43(35)44(56(25)24-40(50)51)42-36(48)19-28(20-37(42)49)26-6-8-27(9-7-26)46(60)54-14-12-32(13-15-54)55-21-29-17-31-23-57(39-10-11-41(58)53-45(39)59)47(61)34(31)18-30(29)22-55/h2-5,17-20,25-27,32,39-40,44,52H,6-16,21-24H2,1H3,(H,53,58,59)/t25-,26?,27?,39?,44-/m1/s1. The number of halogens is 4. The average Bonchev–Trinajstić information content (AvgIpc) is 3.93. The molecule has 6 heterocycles. The van der Waals surface area contributed by atoms with E-state index < -0.39 is 42.6 Å². The maximum Gasteiger partial charge on any atom is 0.255 e. The lowest BCUT2D eigenvalue weighted by molar-refractivity contribution is -0.138. The van der Waals surface area contributed by atoms with E-state index in [2.05, 4.69) is 21.3 Å². The van der Waals surface area contributed by atoms with E-state index in [9.17, 15) is 28.0 Å². The van der Waals surface area contributed by atoms with Crippen LogP contribution in [0.5, 0.6) is 0 Å². The van der Waals surface area contributed by atoms with Gasteiger partial charge in [-0.2, -0.15) is 0 Å². The molecule has 0 spiro atoms. The van der Waals surface area contributed by atoms with Gasteiger partial charge in [0.1, 0.15) is 17.7 Å². The summed E-state index contributed by atoms with van der Waals surface area (Å²) >= 11 is 0. The molecule has 0 bridgehead atoms. The van der Waals surface area contributed by atoms with Crippen molar-refractivity contribution in [2.24, 2.45) is 5.92 Å². The van der Waals surface area contributed by atoms with Crippen molar-refractivity contribution in [3.63, 3.8) is 0 Å². The first-order chi connectivity index (χ1) is 29.4. The summed E-state index contributed by atoms with van der Waals surface area (Å²) in [5, 5.41) is 3.29. The van der Waals surface area contributed by atoms with Crippen molar-refractivity contribution in [3.05, 3.63) is 105 Å². The second-order valence-corrected chi connectivity index (χ2v) is 18.2. The van der Waals surface area contributed by atoms with Crippen LogP contribution in [-0.4, -0.2) is 92.4 Å². The minimum atomic E-state index is -2.67. The Morgan fingerprint density at radius 1 is 0.852 bits per heavy atom. The number of aromatic amines is 1. The maximum atomic E-state index is 16.3. The Morgan fingerprint density at radius 2 is 1.56 bits per heavy atom. The van der Waals surface area contributed by atoms with Crippen LogP contribution >= 0.6 is 0 Å². The van der Waals surface area contributed by atoms with Gasteiger partial charge in [-0.1, -0.05) is 24.3 Å². The van der Waals surface area contributed by atoms with Crippen LogP contribution in [0.25, 0.3) is 10.9 Å². The fraction of sp³-hybridized carbons (Fsp3) is 0.489. The molecule has 5 aliphatic heterocycles. The number of benzene rings is 3. The molecular weight excluding hydrogens is 789 g/mol. The quantitative estimate of drug-likeness (QED) is 0.152. The lowest BCUT2D eigenvalue weighted by Crippen LogP contribution is -2.52. The molecule has 14 heteroatoms. The van der Waals surface area contributed by atoms with Crippen LogP contribution in [-0.2, 0) is 40.4 Å². The predicted molar refractivity (Wildman–Crippen MR) is 218 cm³/mol. The SMILES string of the molecule is C[C@@H]1Cc2c([nH]c3ccccc23)[C@@H](c2c(F)cc(C3CCC(C(=O)N4CCC(N5Cc6cc7c(cc6C5)C(=O)N(C5CCC(=O)NC5=O)C7)CC4)CC3)cc2F)N1CC(F)F. The molecule has 2 saturated heterocycles. The van der Waals surface area contributed by atoms with Crippen molar-refractivity contribution >= 4 is 34.5 Å². The third kappa shape index (κ3) is 7.13. The Morgan fingerprint density at radius 3 is 2.26 bits per heavy atom. The molecular formula is C47H50F4N6O4. The molecule has 320 valence electrons. The Kier molecular flexibility index (Phi) is 10.3. The minimum Gasteiger partial charge on any atom is -0.357 e. The third-order valence-electron chi connectivity index (χ3n) is 14.7.